The molecule has 0 bridgehead atoms. The van der Waals surface area contributed by atoms with Gasteiger partial charge in [0.05, 0.1) is 12.4 Å². The lowest BCUT2D eigenvalue weighted by Gasteiger charge is -2.35. The quantitative estimate of drug-likeness (QED) is 0.861. The minimum atomic E-state index is -0.266. The Morgan fingerprint density at radius 3 is 2.72 bits per heavy atom. The fourth-order valence-corrected chi connectivity index (χ4v) is 2.12. The van der Waals surface area contributed by atoms with Gasteiger partial charge in [-0.3, -0.25) is 9.69 Å². The van der Waals surface area contributed by atoms with Crippen molar-refractivity contribution >= 4 is 5.91 Å². The van der Waals surface area contributed by atoms with E-state index in [1.807, 2.05) is 6.92 Å². The number of hydrogen-bond acceptors (Lipinski definition) is 4. The van der Waals surface area contributed by atoms with Gasteiger partial charge in [-0.25, -0.2) is 0 Å². The molecule has 100 valence electrons. The molecule has 0 saturated carbocycles. The molecule has 0 unspecified atom stereocenters. The van der Waals surface area contributed by atoms with Crippen LogP contribution in [0.5, 0.6) is 0 Å². The maximum Gasteiger partial charge on any atom is 0.289 e. The fourth-order valence-electron chi connectivity index (χ4n) is 2.12. The van der Waals surface area contributed by atoms with Crippen LogP contribution in [0.1, 0.15) is 23.9 Å². The van der Waals surface area contributed by atoms with Crippen LogP contribution in [0.3, 0.4) is 0 Å². The van der Waals surface area contributed by atoms with Gasteiger partial charge in [-0.05, 0) is 18.6 Å². The van der Waals surface area contributed by atoms with Crippen molar-refractivity contribution in [1.29, 1.82) is 0 Å². The summed E-state index contributed by atoms with van der Waals surface area (Å²) < 4.78 is 5.11. The van der Waals surface area contributed by atoms with Gasteiger partial charge < -0.3 is 14.4 Å². The number of carbonyl (C=O) groups excluding carboxylic acids is 1. The van der Waals surface area contributed by atoms with Crippen molar-refractivity contribution in [3.63, 3.8) is 0 Å². The number of piperazine rings is 1. The third-order valence-corrected chi connectivity index (χ3v) is 3.33. The summed E-state index contributed by atoms with van der Waals surface area (Å²) in [5.74, 6) is 0.354. The number of aliphatic hydroxyl groups is 1. The first kappa shape index (κ1) is 13.1. The van der Waals surface area contributed by atoms with Crippen LogP contribution in [0.2, 0.25) is 0 Å². The molecule has 1 aliphatic heterocycles. The van der Waals surface area contributed by atoms with E-state index in [0.717, 1.165) is 19.5 Å². The highest BCUT2D eigenvalue weighted by Gasteiger charge is 2.24. The molecule has 1 atom stereocenters. The second-order valence-electron chi connectivity index (χ2n) is 4.63. The molecule has 2 rings (SSSR count). The first-order chi connectivity index (χ1) is 8.70. The number of hydrogen-bond donors (Lipinski definition) is 1. The van der Waals surface area contributed by atoms with Crippen LogP contribution in [0.4, 0.5) is 0 Å². The summed E-state index contributed by atoms with van der Waals surface area (Å²) in [5.41, 5.74) is 0. The first-order valence-corrected chi connectivity index (χ1v) is 6.44. The van der Waals surface area contributed by atoms with Gasteiger partial charge in [-0.2, -0.15) is 0 Å². The zero-order valence-corrected chi connectivity index (χ0v) is 10.7. The van der Waals surface area contributed by atoms with Crippen LogP contribution in [-0.2, 0) is 0 Å². The number of rotatable bonds is 4. The van der Waals surface area contributed by atoms with E-state index >= 15 is 0 Å². The molecule has 2 heterocycles. The number of β-amino-alcohol motifs (C(OH)–C–C–N with tert-alkyl or cyclic N) is 1. The van der Waals surface area contributed by atoms with E-state index in [0.29, 0.717) is 25.4 Å². The summed E-state index contributed by atoms with van der Waals surface area (Å²) in [6.07, 6.45) is 2.02. The average molecular weight is 252 g/mol. The summed E-state index contributed by atoms with van der Waals surface area (Å²) in [4.78, 5) is 16.0. The van der Waals surface area contributed by atoms with E-state index in [4.69, 9.17) is 4.42 Å². The molecule has 1 aromatic rings. The van der Waals surface area contributed by atoms with Gasteiger partial charge in [-0.15, -0.1) is 0 Å². The molecule has 5 heteroatoms. The number of nitrogens with zero attached hydrogens (tertiary/aromatic N) is 2. The standard InChI is InChI=1S/C13H20N2O3/c1-2-11(16)10-14-5-7-15(8-6-14)13(17)12-4-3-9-18-12/h3-4,9,11,16H,2,5-8,10H2,1H3/t11-/m1/s1. The molecule has 1 amide bonds. The minimum Gasteiger partial charge on any atom is -0.459 e. The smallest absolute Gasteiger partial charge is 0.289 e. The molecule has 0 spiro atoms. The molecule has 1 N–H and O–H groups in total. The summed E-state index contributed by atoms with van der Waals surface area (Å²) in [5, 5.41) is 9.60. The van der Waals surface area contributed by atoms with Gasteiger partial charge in [0.2, 0.25) is 0 Å². The fraction of sp³-hybridized carbons (Fsp3) is 0.615. The predicted molar refractivity (Wildman–Crippen MR) is 67.3 cm³/mol. The highest BCUT2D eigenvalue weighted by molar-refractivity contribution is 5.91. The monoisotopic (exact) mass is 252 g/mol. The van der Waals surface area contributed by atoms with Crippen molar-refractivity contribution in [2.75, 3.05) is 32.7 Å². The molecule has 1 fully saturated rings. The van der Waals surface area contributed by atoms with Crippen LogP contribution in [0, 0.1) is 0 Å². The second kappa shape index (κ2) is 6.02. The number of furan rings is 1. The number of carbonyl (C=O) groups is 1. The van der Waals surface area contributed by atoms with E-state index in [-0.39, 0.29) is 12.0 Å². The Morgan fingerprint density at radius 1 is 1.44 bits per heavy atom. The molecule has 0 aliphatic carbocycles. The van der Waals surface area contributed by atoms with Gasteiger partial charge in [0.25, 0.3) is 5.91 Å². The average Bonchev–Trinajstić information content (AvgIpc) is 2.92. The maximum atomic E-state index is 12.0. The Hall–Kier alpha value is -1.33. The Bertz CT molecular complexity index is 370. The van der Waals surface area contributed by atoms with E-state index in [2.05, 4.69) is 4.90 Å². The molecule has 0 radical (unpaired) electrons. The van der Waals surface area contributed by atoms with Crippen molar-refractivity contribution in [3.8, 4) is 0 Å². The third kappa shape index (κ3) is 3.11. The predicted octanol–water partition coefficient (Wildman–Crippen LogP) is 0.808. The second-order valence-corrected chi connectivity index (χ2v) is 4.63. The normalized spacial score (nSPS) is 18.9. The zero-order chi connectivity index (χ0) is 13.0. The van der Waals surface area contributed by atoms with Gasteiger partial charge >= 0.3 is 0 Å². The van der Waals surface area contributed by atoms with Crippen molar-refractivity contribution in [2.24, 2.45) is 0 Å². The molecule has 0 aromatic carbocycles. The van der Waals surface area contributed by atoms with Crippen molar-refractivity contribution in [2.45, 2.75) is 19.4 Å². The lowest BCUT2D eigenvalue weighted by atomic mass is 10.2. The summed E-state index contributed by atoms with van der Waals surface area (Å²) >= 11 is 0. The van der Waals surface area contributed by atoms with E-state index in [9.17, 15) is 9.90 Å². The molecule has 18 heavy (non-hydrogen) atoms. The van der Waals surface area contributed by atoms with Crippen molar-refractivity contribution < 1.29 is 14.3 Å². The highest BCUT2D eigenvalue weighted by Crippen LogP contribution is 2.09. The molecular weight excluding hydrogens is 232 g/mol. The van der Waals surface area contributed by atoms with Crippen LogP contribution in [-0.4, -0.2) is 59.6 Å². The van der Waals surface area contributed by atoms with Crippen molar-refractivity contribution in [3.05, 3.63) is 24.2 Å². The Morgan fingerprint density at radius 2 is 2.17 bits per heavy atom. The van der Waals surface area contributed by atoms with Gasteiger partial charge in [0, 0.05) is 32.7 Å². The molecule has 5 nitrogen and oxygen atoms in total. The highest BCUT2D eigenvalue weighted by atomic mass is 16.3. The van der Waals surface area contributed by atoms with E-state index < -0.39 is 0 Å². The lowest BCUT2D eigenvalue weighted by molar-refractivity contribution is 0.0500. The van der Waals surface area contributed by atoms with Crippen LogP contribution in [0.25, 0.3) is 0 Å². The number of amides is 1. The minimum absolute atomic E-state index is 0.0457. The Balaban J connectivity index is 1.81. The molecular formula is C13H20N2O3. The topological polar surface area (TPSA) is 56.9 Å². The maximum absolute atomic E-state index is 12.0. The van der Waals surface area contributed by atoms with Crippen molar-refractivity contribution in [1.82, 2.24) is 9.80 Å². The van der Waals surface area contributed by atoms with Crippen LogP contribution >= 0.6 is 0 Å². The van der Waals surface area contributed by atoms with Crippen LogP contribution in [0.15, 0.2) is 22.8 Å². The summed E-state index contributed by atoms with van der Waals surface area (Å²) in [7, 11) is 0. The summed E-state index contributed by atoms with van der Waals surface area (Å²) in [6.45, 7) is 5.67. The van der Waals surface area contributed by atoms with Gasteiger partial charge in [0.15, 0.2) is 5.76 Å². The molecule has 1 aliphatic rings. The Labute approximate surface area is 107 Å². The largest absolute Gasteiger partial charge is 0.459 e. The van der Waals surface area contributed by atoms with Gasteiger partial charge in [0.1, 0.15) is 0 Å². The summed E-state index contributed by atoms with van der Waals surface area (Å²) in [6, 6.07) is 3.41. The Kier molecular flexibility index (Phi) is 4.38. The lowest BCUT2D eigenvalue weighted by Crippen LogP contribution is -2.50. The van der Waals surface area contributed by atoms with Crippen LogP contribution < -0.4 is 0 Å². The third-order valence-electron chi connectivity index (χ3n) is 3.33. The number of aliphatic hydroxyl groups excluding tert-OH is 1. The van der Waals surface area contributed by atoms with E-state index in [1.165, 1.54) is 6.26 Å². The van der Waals surface area contributed by atoms with Gasteiger partial charge in [-0.1, -0.05) is 6.92 Å². The SMILES string of the molecule is CC[C@@H](O)CN1CCN(C(=O)c2ccco2)CC1. The molecule has 1 saturated heterocycles. The molecule has 1 aromatic heterocycles. The first-order valence-electron chi connectivity index (χ1n) is 6.44. The zero-order valence-electron chi connectivity index (χ0n) is 10.7. The van der Waals surface area contributed by atoms with E-state index in [1.54, 1.807) is 17.0 Å².